The summed E-state index contributed by atoms with van der Waals surface area (Å²) in [4.78, 5) is 26.4. The Morgan fingerprint density at radius 3 is 2.36 bits per heavy atom. The highest BCUT2D eigenvalue weighted by Crippen LogP contribution is 2.30. The number of rotatable bonds is 3. The number of hydrogen-bond acceptors (Lipinski definition) is 6. The number of ether oxygens (including phenoxy) is 2. The molecular weight excluding hydrogens is 320 g/mol. The first kappa shape index (κ1) is 17.3. The van der Waals surface area contributed by atoms with Gasteiger partial charge in [-0.25, -0.2) is 9.59 Å². The van der Waals surface area contributed by atoms with Crippen LogP contribution in [-0.2, 0) is 19.1 Å². The molecule has 2 saturated heterocycles. The molecule has 1 aromatic carbocycles. The largest absolute Gasteiger partial charge is 0.419 e. The van der Waals surface area contributed by atoms with E-state index in [2.05, 4.69) is 22.3 Å². The minimum atomic E-state index is -1.23. The average Bonchev–Trinajstić information content (AvgIpc) is 2.54. The molecule has 25 heavy (non-hydrogen) atoms. The van der Waals surface area contributed by atoms with Gasteiger partial charge < -0.3 is 19.7 Å². The van der Waals surface area contributed by atoms with Gasteiger partial charge in [0.25, 0.3) is 5.79 Å². The van der Waals surface area contributed by atoms with Crippen LogP contribution in [0.3, 0.4) is 0 Å². The molecule has 0 atom stereocenters. The van der Waals surface area contributed by atoms with E-state index in [1.807, 2.05) is 13.0 Å². The van der Waals surface area contributed by atoms with Crippen molar-refractivity contribution in [3.05, 3.63) is 35.5 Å². The maximum atomic E-state index is 12.1. The number of carbonyl (C=O) groups is 2. The number of nitrogens with zero attached hydrogens (tertiary/aromatic N) is 1. The van der Waals surface area contributed by atoms with Crippen molar-refractivity contribution in [2.24, 2.45) is 0 Å². The van der Waals surface area contributed by atoms with Crippen LogP contribution in [0.15, 0.2) is 30.0 Å². The van der Waals surface area contributed by atoms with Crippen LogP contribution in [0.1, 0.15) is 38.7 Å². The molecule has 0 saturated carbocycles. The lowest BCUT2D eigenvalue weighted by atomic mass is 10.1. The van der Waals surface area contributed by atoms with E-state index >= 15 is 0 Å². The molecule has 2 heterocycles. The van der Waals surface area contributed by atoms with Crippen molar-refractivity contribution >= 4 is 23.3 Å². The Kier molecular flexibility index (Phi) is 4.70. The fourth-order valence-electron chi connectivity index (χ4n) is 3.10. The molecule has 6 heteroatoms. The summed E-state index contributed by atoms with van der Waals surface area (Å²) >= 11 is 0. The maximum absolute atomic E-state index is 12.1. The Morgan fingerprint density at radius 2 is 1.72 bits per heavy atom. The molecule has 134 valence electrons. The minimum Gasteiger partial charge on any atom is -0.419 e. The summed E-state index contributed by atoms with van der Waals surface area (Å²) in [6.07, 6.45) is 4.97. The summed E-state index contributed by atoms with van der Waals surface area (Å²) in [6.45, 7) is 7.08. The third-order valence-electron chi connectivity index (χ3n) is 4.34. The summed E-state index contributed by atoms with van der Waals surface area (Å²) < 4.78 is 10.2. The van der Waals surface area contributed by atoms with E-state index in [0.717, 1.165) is 30.0 Å². The van der Waals surface area contributed by atoms with Crippen molar-refractivity contribution in [3.8, 4) is 0 Å². The molecule has 1 N–H and O–H groups in total. The summed E-state index contributed by atoms with van der Waals surface area (Å²) in [5.74, 6) is -2.59. The molecule has 2 aliphatic rings. The normalized spacial score (nSPS) is 20.0. The minimum absolute atomic E-state index is 0.134. The first-order valence-corrected chi connectivity index (χ1v) is 8.65. The third-order valence-corrected chi connectivity index (χ3v) is 4.34. The van der Waals surface area contributed by atoms with Crippen molar-refractivity contribution in [1.82, 2.24) is 0 Å². The van der Waals surface area contributed by atoms with Gasteiger partial charge in [0.2, 0.25) is 0 Å². The number of anilines is 2. The SMILES string of the molecule is Cc1ccc(N2CCCCC2)c(NC=C2C(=O)OC(C)(C)OC2=O)c1. The first-order valence-electron chi connectivity index (χ1n) is 8.65. The molecule has 0 spiro atoms. The van der Waals surface area contributed by atoms with E-state index in [1.165, 1.54) is 39.3 Å². The van der Waals surface area contributed by atoms with Crippen LogP contribution in [0.25, 0.3) is 0 Å². The molecule has 1 aromatic rings. The molecule has 0 unspecified atom stereocenters. The van der Waals surface area contributed by atoms with Crippen LogP contribution in [0.2, 0.25) is 0 Å². The van der Waals surface area contributed by atoms with E-state index in [0.29, 0.717) is 0 Å². The summed E-state index contributed by atoms with van der Waals surface area (Å²) in [7, 11) is 0. The van der Waals surface area contributed by atoms with Crippen molar-refractivity contribution in [2.75, 3.05) is 23.3 Å². The van der Waals surface area contributed by atoms with E-state index < -0.39 is 17.7 Å². The first-order chi connectivity index (χ1) is 11.9. The second-order valence-corrected chi connectivity index (χ2v) is 6.95. The number of hydrogen-bond donors (Lipinski definition) is 1. The van der Waals surface area contributed by atoms with Gasteiger partial charge in [-0.3, -0.25) is 0 Å². The molecule has 0 aliphatic carbocycles. The number of benzene rings is 1. The van der Waals surface area contributed by atoms with Gasteiger partial charge >= 0.3 is 11.9 Å². The van der Waals surface area contributed by atoms with E-state index in [4.69, 9.17) is 9.47 Å². The molecule has 0 bridgehead atoms. The van der Waals surface area contributed by atoms with Crippen LogP contribution < -0.4 is 10.2 Å². The zero-order valence-electron chi connectivity index (χ0n) is 14.9. The number of aryl methyl sites for hydroxylation is 1. The van der Waals surface area contributed by atoms with Crippen molar-refractivity contribution < 1.29 is 19.1 Å². The van der Waals surface area contributed by atoms with Gasteiger partial charge in [0.15, 0.2) is 5.57 Å². The predicted octanol–water partition coefficient (Wildman–Crippen LogP) is 3.12. The maximum Gasteiger partial charge on any atom is 0.350 e. The van der Waals surface area contributed by atoms with Crippen LogP contribution >= 0.6 is 0 Å². The fraction of sp³-hybridized carbons (Fsp3) is 0.474. The highest BCUT2D eigenvalue weighted by Gasteiger charge is 2.39. The predicted molar refractivity (Wildman–Crippen MR) is 95.2 cm³/mol. The molecule has 0 amide bonds. The van der Waals surface area contributed by atoms with Crippen molar-refractivity contribution in [1.29, 1.82) is 0 Å². The molecule has 3 rings (SSSR count). The highest BCUT2D eigenvalue weighted by molar-refractivity contribution is 6.15. The zero-order valence-corrected chi connectivity index (χ0v) is 14.9. The lowest BCUT2D eigenvalue weighted by molar-refractivity contribution is -0.222. The van der Waals surface area contributed by atoms with Gasteiger partial charge in [0.1, 0.15) is 0 Å². The molecule has 0 aromatic heterocycles. The number of piperidine rings is 1. The van der Waals surface area contributed by atoms with Crippen molar-refractivity contribution in [2.45, 2.75) is 45.8 Å². The lowest BCUT2D eigenvalue weighted by Gasteiger charge is -2.31. The van der Waals surface area contributed by atoms with Gasteiger partial charge in [-0.1, -0.05) is 6.07 Å². The van der Waals surface area contributed by atoms with Gasteiger partial charge in [-0.05, 0) is 43.9 Å². The number of cyclic esters (lactones) is 2. The standard InChI is InChI=1S/C19H24N2O4/c1-13-7-8-16(21-9-5-4-6-10-21)15(11-13)20-12-14-17(22)24-19(2,3)25-18(14)23/h7-8,11-12,20H,4-6,9-10H2,1-3H3. The summed E-state index contributed by atoms with van der Waals surface area (Å²) in [5, 5.41) is 3.10. The van der Waals surface area contributed by atoms with Gasteiger partial charge in [-0.15, -0.1) is 0 Å². The Balaban J connectivity index is 1.84. The van der Waals surface area contributed by atoms with Crippen LogP contribution in [0.5, 0.6) is 0 Å². The molecule has 2 aliphatic heterocycles. The number of nitrogens with one attached hydrogen (secondary N) is 1. The van der Waals surface area contributed by atoms with Gasteiger partial charge in [0.05, 0.1) is 11.4 Å². The smallest absolute Gasteiger partial charge is 0.350 e. The Labute approximate surface area is 147 Å². The zero-order chi connectivity index (χ0) is 18.0. The average molecular weight is 344 g/mol. The monoisotopic (exact) mass is 344 g/mol. The fourth-order valence-corrected chi connectivity index (χ4v) is 3.10. The number of esters is 2. The Hall–Kier alpha value is -2.50. The summed E-state index contributed by atoms with van der Waals surface area (Å²) in [5.41, 5.74) is 2.89. The second-order valence-electron chi connectivity index (χ2n) is 6.95. The van der Waals surface area contributed by atoms with Crippen molar-refractivity contribution in [3.63, 3.8) is 0 Å². The van der Waals surface area contributed by atoms with Crippen LogP contribution in [0, 0.1) is 6.92 Å². The molecule has 0 radical (unpaired) electrons. The molecule has 6 nitrogen and oxygen atoms in total. The number of carbonyl (C=O) groups excluding carboxylic acids is 2. The van der Waals surface area contributed by atoms with E-state index in [-0.39, 0.29) is 5.57 Å². The topological polar surface area (TPSA) is 67.9 Å². The van der Waals surface area contributed by atoms with E-state index in [1.54, 1.807) is 0 Å². The second kappa shape index (κ2) is 6.78. The van der Waals surface area contributed by atoms with Crippen LogP contribution in [0.4, 0.5) is 11.4 Å². The van der Waals surface area contributed by atoms with Gasteiger partial charge in [-0.2, -0.15) is 0 Å². The quantitative estimate of drug-likeness (QED) is 0.516. The lowest BCUT2D eigenvalue weighted by Crippen LogP contribution is -2.42. The Bertz CT molecular complexity index is 696. The highest BCUT2D eigenvalue weighted by atomic mass is 16.7. The Morgan fingerprint density at radius 1 is 1.08 bits per heavy atom. The molecular formula is C19H24N2O4. The molecule has 2 fully saturated rings. The van der Waals surface area contributed by atoms with Gasteiger partial charge in [0, 0.05) is 33.1 Å². The summed E-state index contributed by atoms with van der Waals surface area (Å²) in [6, 6.07) is 6.14. The van der Waals surface area contributed by atoms with Crippen LogP contribution in [-0.4, -0.2) is 30.8 Å². The van der Waals surface area contributed by atoms with E-state index in [9.17, 15) is 9.59 Å². The third kappa shape index (κ3) is 3.95.